The van der Waals surface area contributed by atoms with Crippen molar-refractivity contribution < 1.29 is 17.5 Å². The van der Waals surface area contributed by atoms with E-state index in [4.69, 9.17) is 4.74 Å². The normalized spacial score (nSPS) is 11.5. The van der Waals surface area contributed by atoms with Gasteiger partial charge in [-0.2, -0.15) is 5.10 Å². The summed E-state index contributed by atoms with van der Waals surface area (Å²) in [5, 5.41) is 15.7. The van der Waals surface area contributed by atoms with E-state index in [9.17, 15) is 12.8 Å². The summed E-state index contributed by atoms with van der Waals surface area (Å²) in [5.74, 6) is 0.480. The summed E-state index contributed by atoms with van der Waals surface area (Å²) in [7, 11) is -2.61. The maximum Gasteiger partial charge on any atom is 0.244 e. The summed E-state index contributed by atoms with van der Waals surface area (Å²) in [6.45, 7) is 6.20. The number of rotatable bonds is 8. The van der Waals surface area contributed by atoms with Gasteiger partial charge in [0.2, 0.25) is 10.0 Å². The molecule has 0 bridgehead atoms. The lowest BCUT2D eigenvalue weighted by Crippen LogP contribution is -2.29. The molecule has 2 N–H and O–H groups in total. The molecule has 2 heterocycles. The van der Waals surface area contributed by atoms with E-state index in [-0.39, 0.29) is 23.7 Å². The predicted molar refractivity (Wildman–Crippen MR) is 110 cm³/mol. The van der Waals surface area contributed by atoms with Crippen molar-refractivity contribution in [2.45, 2.75) is 25.7 Å². The Balaban J connectivity index is 1.59. The van der Waals surface area contributed by atoms with Crippen LogP contribution in [0.3, 0.4) is 0 Å². The van der Waals surface area contributed by atoms with Crippen LogP contribution >= 0.6 is 0 Å². The van der Waals surface area contributed by atoms with E-state index in [2.05, 4.69) is 25.3 Å². The molecular formula is C19H23FN6O3S. The Hall–Kier alpha value is -3.05. The van der Waals surface area contributed by atoms with Gasteiger partial charge in [0.25, 0.3) is 0 Å². The Morgan fingerprint density at radius 3 is 2.47 bits per heavy atom. The third kappa shape index (κ3) is 4.57. The summed E-state index contributed by atoms with van der Waals surface area (Å²) in [6, 6.07) is 6.83. The molecule has 0 saturated carbocycles. The zero-order chi connectivity index (χ0) is 21.9. The first-order valence-corrected chi connectivity index (χ1v) is 10.6. The Labute approximate surface area is 174 Å². The number of aryl methyl sites for hydroxylation is 1. The molecule has 0 spiro atoms. The Bertz CT molecular complexity index is 1150. The van der Waals surface area contributed by atoms with E-state index in [0.717, 1.165) is 29.1 Å². The van der Waals surface area contributed by atoms with Crippen LogP contribution in [0.5, 0.6) is 5.75 Å². The summed E-state index contributed by atoms with van der Waals surface area (Å²) >= 11 is 0. The van der Waals surface area contributed by atoms with Crippen molar-refractivity contribution in [3.63, 3.8) is 0 Å². The lowest BCUT2D eigenvalue weighted by molar-refractivity contribution is 0.400. The van der Waals surface area contributed by atoms with E-state index in [1.54, 1.807) is 16.8 Å². The standard InChI is InChI=1S/C19H23FN6O3S/c1-12-13(2)25-26(14(12)3)19-8-7-18(23-24-19)21-9-10-22-30(27,28)17-11-15(20)5-6-16(17)29-4/h5-8,11,22H,9-10H2,1-4H3,(H,21,23). The summed E-state index contributed by atoms with van der Waals surface area (Å²) < 4.78 is 47.4. The summed E-state index contributed by atoms with van der Waals surface area (Å²) in [5.41, 5.74) is 3.02. The van der Waals surface area contributed by atoms with Gasteiger partial charge in [-0.3, -0.25) is 0 Å². The zero-order valence-corrected chi connectivity index (χ0v) is 17.9. The van der Waals surface area contributed by atoms with Crippen molar-refractivity contribution in [2.75, 3.05) is 25.5 Å². The van der Waals surface area contributed by atoms with Crippen LogP contribution in [0.4, 0.5) is 10.2 Å². The van der Waals surface area contributed by atoms with E-state index >= 15 is 0 Å². The predicted octanol–water partition coefficient (Wildman–Crippen LogP) is 2.13. The molecule has 0 aliphatic carbocycles. The van der Waals surface area contributed by atoms with Crippen LogP contribution in [0.1, 0.15) is 17.0 Å². The smallest absolute Gasteiger partial charge is 0.244 e. The number of hydrogen-bond donors (Lipinski definition) is 2. The molecule has 3 rings (SSSR count). The minimum Gasteiger partial charge on any atom is -0.495 e. The maximum absolute atomic E-state index is 13.4. The molecule has 0 fully saturated rings. The third-order valence-electron chi connectivity index (χ3n) is 4.66. The van der Waals surface area contributed by atoms with Crippen LogP contribution in [-0.4, -0.2) is 48.6 Å². The summed E-state index contributed by atoms with van der Waals surface area (Å²) in [6.07, 6.45) is 0. The van der Waals surface area contributed by atoms with Crippen molar-refractivity contribution in [1.29, 1.82) is 0 Å². The largest absolute Gasteiger partial charge is 0.495 e. The fourth-order valence-corrected chi connectivity index (χ4v) is 4.00. The highest BCUT2D eigenvalue weighted by atomic mass is 32.2. The zero-order valence-electron chi connectivity index (χ0n) is 17.1. The lowest BCUT2D eigenvalue weighted by atomic mass is 10.2. The van der Waals surface area contributed by atoms with Crippen LogP contribution in [0, 0.1) is 26.6 Å². The molecule has 9 nitrogen and oxygen atoms in total. The number of methoxy groups -OCH3 is 1. The van der Waals surface area contributed by atoms with Crippen LogP contribution in [0.2, 0.25) is 0 Å². The fourth-order valence-electron chi connectivity index (χ4n) is 2.79. The molecule has 0 radical (unpaired) electrons. The van der Waals surface area contributed by atoms with E-state index in [1.807, 2.05) is 20.8 Å². The number of nitrogens with zero attached hydrogens (tertiary/aromatic N) is 4. The van der Waals surface area contributed by atoms with Gasteiger partial charge in [0.15, 0.2) is 5.82 Å². The first-order valence-electron chi connectivity index (χ1n) is 9.17. The second-order valence-corrected chi connectivity index (χ2v) is 8.34. The number of benzene rings is 1. The third-order valence-corrected chi connectivity index (χ3v) is 6.14. The van der Waals surface area contributed by atoms with Gasteiger partial charge >= 0.3 is 0 Å². The number of hydrogen-bond acceptors (Lipinski definition) is 7. The topological polar surface area (TPSA) is 111 Å². The van der Waals surface area contributed by atoms with Crippen LogP contribution < -0.4 is 14.8 Å². The highest BCUT2D eigenvalue weighted by Gasteiger charge is 2.20. The van der Waals surface area contributed by atoms with Crippen molar-refractivity contribution in [3.05, 3.63) is 53.1 Å². The van der Waals surface area contributed by atoms with Gasteiger partial charge < -0.3 is 10.1 Å². The minimum atomic E-state index is -3.93. The number of aromatic nitrogens is 4. The molecule has 30 heavy (non-hydrogen) atoms. The maximum atomic E-state index is 13.4. The molecule has 0 atom stereocenters. The van der Waals surface area contributed by atoms with Crippen molar-refractivity contribution in [2.24, 2.45) is 0 Å². The number of sulfonamides is 1. The molecule has 2 aromatic heterocycles. The second-order valence-electron chi connectivity index (χ2n) is 6.60. The average molecular weight is 434 g/mol. The molecule has 0 unspecified atom stereocenters. The molecule has 0 saturated heterocycles. The lowest BCUT2D eigenvalue weighted by Gasteiger charge is -2.11. The van der Waals surface area contributed by atoms with Gasteiger partial charge in [0.1, 0.15) is 22.3 Å². The van der Waals surface area contributed by atoms with E-state index in [1.165, 1.54) is 13.2 Å². The molecule has 0 aliphatic heterocycles. The molecule has 0 amide bonds. The second kappa shape index (κ2) is 8.76. The van der Waals surface area contributed by atoms with Crippen LogP contribution in [0.15, 0.2) is 35.2 Å². The minimum absolute atomic E-state index is 0.0576. The van der Waals surface area contributed by atoms with Gasteiger partial charge in [-0.25, -0.2) is 22.2 Å². The van der Waals surface area contributed by atoms with Crippen molar-refractivity contribution >= 4 is 15.8 Å². The first-order chi connectivity index (χ1) is 14.2. The molecule has 11 heteroatoms. The quantitative estimate of drug-likeness (QED) is 0.523. The van der Waals surface area contributed by atoms with Crippen molar-refractivity contribution in [3.8, 4) is 11.6 Å². The van der Waals surface area contributed by atoms with Gasteiger partial charge in [-0.1, -0.05) is 0 Å². The van der Waals surface area contributed by atoms with Gasteiger partial charge in [-0.15, -0.1) is 10.2 Å². The van der Waals surface area contributed by atoms with Gasteiger partial charge in [0.05, 0.1) is 12.8 Å². The molecule has 3 aromatic rings. The van der Waals surface area contributed by atoms with Gasteiger partial charge in [-0.05, 0) is 56.7 Å². The number of anilines is 1. The molecule has 0 aliphatic rings. The van der Waals surface area contributed by atoms with Crippen molar-refractivity contribution in [1.82, 2.24) is 24.7 Å². The van der Waals surface area contributed by atoms with Gasteiger partial charge in [0, 0.05) is 18.8 Å². The molecular weight excluding hydrogens is 411 g/mol. The number of nitrogens with one attached hydrogen (secondary N) is 2. The highest BCUT2D eigenvalue weighted by Crippen LogP contribution is 2.24. The number of halogens is 1. The first kappa shape index (κ1) is 21.7. The van der Waals surface area contributed by atoms with Crippen LogP contribution in [0.25, 0.3) is 5.82 Å². The Kier molecular flexibility index (Phi) is 6.32. The fraction of sp³-hybridized carbons (Fsp3) is 0.316. The highest BCUT2D eigenvalue weighted by molar-refractivity contribution is 7.89. The Morgan fingerprint density at radius 1 is 1.10 bits per heavy atom. The summed E-state index contributed by atoms with van der Waals surface area (Å²) in [4.78, 5) is -0.255. The monoisotopic (exact) mass is 434 g/mol. The molecule has 160 valence electrons. The van der Waals surface area contributed by atoms with E-state index in [0.29, 0.717) is 11.6 Å². The van der Waals surface area contributed by atoms with E-state index < -0.39 is 15.8 Å². The Morgan fingerprint density at radius 2 is 1.87 bits per heavy atom. The average Bonchev–Trinajstić information content (AvgIpc) is 2.99. The van der Waals surface area contributed by atoms with Crippen LogP contribution in [-0.2, 0) is 10.0 Å². The molecule has 1 aromatic carbocycles. The SMILES string of the molecule is COc1ccc(F)cc1S(=O)(=O)NCCNc1ccc(-n2nc(C)c(C)c2C)nn1. The number of ether oxygens (including phenoxy) is 1.